The highest BCUT2D eigenvalue weighted by Crippen LogP contribution is 2.32. The van der Waals surface area contributed by atoms with Gasteiger partial charge in [0.25, 0.3) is 0 Å². The van der Waals surface area contributed by atoms with E-state index in [9.17, 15) is 4.79 Å². The molecular formula is C13H26O. The van der Waals surface area contributed by atoms with Gasteiger partial charge in [-0.15, -0.1) is 0 Å². The van der Waals surface area contributed by atoms with Gasteiger partial charge in [0.15, 0.2) is 0 Å². The topological polar surface area (TPSA) is 17.1 Å². The molecule has 0 saturated heterocycles. The Morgan fingerprint density at radius 1 is 0.929 bits per heavy atom. The third kappa shape index (κ3) is 4.78. The Hall–Kier alpha value is -0.330. The molecule has 0 bridgehead atoms. The maximum absolute atomic E-state index is 11.2. The summed E-state index contributed by atoms with van der Waals surface area (Å²) >= 11 is 0. The molecule has 0 aromatic heterocycles. The Labute approximate surface area is 89.3 Å². The normalized spacial score (nSPS) is 15.1. The minimum absolute atomic E-state index is 0.00514. The highest BCUT2D eigenvalue weighted by Gasteiger charge is 2.25. The van der Waals surface area contributed by atoms with Crippen LogP contribution in [0.15, 0.2) is 0 Å². The minimum Gasteiger partial charge on any atom is -0.303 e. The summed E-state index contributed by atoms with van der Waals surface area (Å²) in [5, 5.41) is 0. The summed E-state index contributed by atoms with van der Waals surface area (Å²) in [4.78, 5) is 11.2. The van der Waals surface area contributed by atoms with Crippen molar-refractivity contribution < 1.29 is 4.79 Å². The molecule has 84 valence electrons. The van der Waals surface area contributed by atoms with Gasteiger partial charge in [-0.1, -0.05) is 52.9 Å². The molecule has 0 amide bonds. The number of hydrogen-bond donors (Lipinski definition) is 0. The number of carbonyl (C=O) groups excluding carboxylic acids is 1. The molecule has 0 aromatic carbocycles. The fourth-order valence-corrected chi connectivity index (χ4v) is 1.94. The van der Waals surface area contributed by atoms with Crippen molar-refractivity contribution in [1.82, 2.24) is 0 Å². The highest BCUT2D eigenvalue weighted by molar-refractivity contribution is 5.59. The SMILES string of the molecule is CCCCCC(C=O)(CC)CCCC. The molecule has 0 spiro atoms. The van der Waals surface area contributed by atoms with Crippen molar-refractivity contribution >= 4 is 6.29 Å². The summed E-state index contributed by atoms with van der Waals surface area (Å²) in [7, 11) is 0. The Bertz CT molecular complexity index is 142. The van der Waals surface area contributed by atoms with Gasteiger partial charge in [0.1, 0.15) is 6.29 Å². The first-order valence-corrected chi connectivity index (χ1v) is 6.21. The summed E-state index contributed by atoms with van der Waals surface area (Å²) in [6.07, 6.45) is 10.5. The van der Waals surface area contributed by atoms with Gasteiger partial charge in [-0.05, 0) is 19.3 Å². The van der Waals surface area contributed by atoms with Crippen LogP contribution in [0.25, 0.3) is 0 Å². The molecular weight excluding hydrogens is 172 g/mol. The van der Waals surface area contributed by atoms with Crippen molar-refractivity contribution in [3.63, 3.8) is 0 Å². The number of unbranched alkanes of at least 4 members (excludes halogenated alkanes) is 3. The van der Waals surface area contributed by atoms with E-state index in [4.69, 9.17) is 0 Å². The van der Waals surface area contributed by atoms with Gasteiger partial charge in [-0.2, -0.15) is 0 Å². The minimum atomic E-state index is 0.00514. The fraction of sp³-hybridized carbons (Fsp3) is 0.923. The molecule has 1 unspecified atom stereocenters. The molecule has 0 aromatic rings. The standard InChI is InChI=1S/C13H26O/c1-4-7-9-11-13(6-3,12-14)10-8-5-2/h12H,4-11H2,1-3H3. The lowest BCUT2D eigenvalue weighted by Crippen LogP contribution is -2.21. The van der Waals surface area contributed by atoms with Gasteiger partial charge in [0.05, 0.1) is 0 Å². The van der Waals surface area contributed by atoms with Gasteiger partial charge < -0.3 is 4.79 Å². The average Bonchev–Trinajstić information content (AvgIpc) is 2.24. The number of rotatable bonds is 9. The molecule has 0 N–H and O–H groups in total. The van der Waals surface area contributed by atoms with Crippen LogP contribution in [0.1, 0.15) is 72.1 Å². The van der Waals surface area contributed by atoms with E-state index in [1.54, 1.807) is 0 Å². The maximum atomic E-state index is 11.2. The lowest BCUT2D eigenvalue weighted by Gasteiger charge is -2.26. The van der Waals surface area contributed by atoms with Gasteiger partial charge in [-0.25, -0.2) is 0 Å². The molecule has 1 atom stereocenters. The van der Waals surface area contributed by atoms with Crippen molar-refractivity contribution in [2.45, 2.75) is 72.1 Å². The smallest absolute Gasteiger partial charge is 0.126 e. The van der Waals surface area contributed by atoms with E-state index in [1.165, 1.54) is 38.4 Å². The molecule has 1 nitrogen and oxygen atoms in total. The zero-order valence-corrected chi connectivity index (χ0v) is 10.1. The molecule has 0 saturated carbocycles. The summed E-state index contributed by atoms with van der Waals surface area (Å²) in [5.74, 6) is 0. The Morgan fingerprint density at radius 2 is 1.50 bits per heavy atom. The maximum Gasteiger partial charge on any atom is 0.126 e. The second-order valence-corrected chi connectivity index (χ2v) is 4.39. The monoisotopic (exact) mass is 198 g/mol. The van der Waals surface area contributed by atoms with Crippen molar-refractivity contribution in [2.24, 2.45) is 5.41 Å². The van der Waals surface area contributed by atoms with Crippen molar-refractivity contribution in [2.75, 3.05) is 0 Å². The van der Waals surface area contributed by atoms with Crippen LogP contribution in [0, 0.1) is 5.41 Å². The predicted molar refractivity (Wildman–Crippen MR) is 62.5 cm³/mol. The van der Waals surface area contributed by atoms with E-state index in [0.29, 0.717) is 0 Å². The van der Waals surface area contributed by atoms with Crippen molar-refractivity contribution in [3.8, 4) is 0 Å². The van der Waals surface area contributed by atoms with E-state index < -0.39 is 0 Å². The Balaban J connectivity index is 4.00. The summed E-state index contributed by atoms with van der Waals surface area (Å²) in [6.45, 7) is 6.55. The summed E-state index contributed by atoms with van der Waals surface area (Å²) < 4.78 is 0. The lowest BCUT2D eigenvalue weighted by atomic mass is 9.77. The quantitative estimate of drug-likeness (QED) is 0.397. The molecule has 0 heterocycles. The number of hydrogen-bond acceptors (Lipinski definition) is 1. The Morgan fingerprint density at radius 3 is 1.93 bits per heavy atom. The second-order valence-electron chi connectivity index (χ2n) is 4.39. The van der Waals surface area contributed by atoms with Crippen LogP contribution in [0.2, 0.25) is 0 Å². The third-order valence-corrected chi connectivity index (χ3v) is 3.26. The van der Waals surface area contributed by atoms with Crippen LogP contribution >= 0.6 is 0 Å². The van der Waals surface area contributed by atoms with Crippen LogP contribution in [-0.4, -0.2) is 6.29 Å². The van der Waals surface area contributed by atoms with Gasteiger partial charge in [0.2, 0.25) is 0 Å². The van der Waals surface area contributed by atoms with Gasteiger partial charge in [-0.3, -0.25) is 0 Å². The molecule has 0 rings (SSSR count). The van der Waals surface area contributed by atoms with E-state index in [-0.39, 0.29) is 5.41 Å². The van der Waals surface area contributed by atoms with Crippen LogP contribution in [0.4, 0.5) is 0 Å². The zero-order chi connectivity index (χ0) is 10.9. The van der Waals surface area contributed by atoms with E-state index in [2.05, 4.69) is 20.8 Å². The molecule has 1 heteroatoms. The molecule has 0 aliphatic rings. The second kappa shape index (κ2) is 8.02. The molecule has 0 fully saturated rings. The van der Waals surface area contributed by atoms with E-state index in [0.717, 1.165) is 19.3 Å². The first kappa shape index (κ1) is 13.7. The molecule has 0 aliphatic carbocycles. The largest absolute Gasteiger partial charge is 0.303 e. The first-order valence-electron chi connectivity index (χ1n) is 6.21. The van der Waals surface area contributed by atoms with Gasteiger partial charge in [0, 0.05) is 5.41 Å². The first-order chi connectivity index (χ1) is 6.74. The Kier molecular flexibility index (Phi) is 7.83. The van der Waals surface area contributed by atoms with Crippen LogP contribution in [0.3, 0.4) is 0 Å². The molecule has 0 radical (unpaired) electrons. The van der Waals surface area contributed by atoms with E-state index in [1.807, 2.05) is 0 Å². The fourth-order valence-electron chi connectivity index (χ4n) is 1.94. The van der Waals surface area contributed by atoms with E-state index >= 15 is 0 Å². The lowest BCUT2D eigenvalue weighted by molar-refractivity contribution is -0.117. The van der Waals surface area contributed by atoms with Crippen LogP contribution in [0.5, 0.6) is 0 Å². The highest BCUT2D eigenvalue weighted by atomic mass is 16.1. The summed E-state index contributed by atoms with van der Waals surface area (Å²) in [5.41, 5.74) is 0.00514. The predicted octanol–water partition coefficient (Wildman–Crippen LogP) is 4.35. The van der Waals surface area contributed by atoms with Crippen LogP contribution in [-0.2, 0) is 4.79 Å². The zero-order valence-electron chi connectivity index (χ0n) is 10.1. The number of aldehydes is 1. The van der Waals surface area contributed by atoms with Crippen molar-refractivity contribution in [3.05, 3.63) is 0 Å². The van der Waals surface area contributed by atoms with Crippen LogP contribution < -0.4 is 0 Å². The number of carbonyl (C=O) groups is 1. The third-order valence-electron chi connectivity index (χ3n) is 3.26. The summed E-state index contributed by atoms with van der Waals surface area (Å²) in [6, 6.07) is 0. The average molecular weight is 198 g/mol. The molecule has 0 aliphatic heterocycles. The van der Waals surface area contributed by atoms with Crippen molar-refractivity contribution in [1.29, 1.82) is 0 Å². The molecule has 14 heavy (non-hydrogen) atoms. The van der Waals surface area contributed by atoms with Gasteiger partial charge >= 0.3 is 0 Å².